The fourth-order valence-electron chi connectivity index (χ4n) is 1.95. The maximum atomic E-state index is 5.23. The van der Waals surface area contributed by atoms with Gasteiger partial charge in [0, 0.05) is 36.0 Å². The monoisotopic (exact) mass is 293 g/mol. The molecule has 108 valence electrons. The van der Waals surface area contributed by atoms with Gasteiger partial charge in [0.1, 0.15) is 5.76 Å². The van der Waals surface area contributed by atoms with Gasteiger partial charge in [-0.3, -0.25) is 0 Å². The molecule has 5 heteroatoms. The van der Waals surface area contributed by atoms with E-state index in [-0.39, 0.29) is 6.29 Å². The molecular weight excluding hydrogens is 274 g/mol. The number of aryl methyl sites for hydroxylation is 2. The summed E-state index contributed by atoms with van der Waals surface area (Å²) in [6.07, 6.45) is -0.309. The molecule has 0 atom stereocenters. The van der Waals surface area contributed by atoms with Gasteiger partial charge >= 0.3 is 0 Å². The molecule has 0 amide bonds. The fourth-order valence-corrected chi connectivity index (χ4v) is 3.00. The standard InChI is InChI=1S/C15H19NO3S/c1-10-14(11(2)19-16-10)9-20-13-7-5-12(6-8-13)15(17-3)18-4/h5-8,15H,9H2,1-4H3. The second-order valence-electron chi connectivity index (χ2n) is 4.46. The third-order valence-corrected chi connectivity index (χ3v) is 4.18. The zero-order valence-corrected chi connectivity index (χ0v) is 13.0. The van der Waals surface area contributed by atoms with Crippen LogP contribution in [-0.2, 0) is 15.2 Å². The van der Waals surface area contributed by atoms with Gasteiger partial charge in [-0.05, 0) is 26.0 Å². The minimum atomic E-state index is -0.309. The van der Waals surface area contributed by atoms with E-state index in [0.717, 1.165) is 22.8 Å². The van der Waals surface area contributed by atoms with Crippen molar-refractivity contribution in [3.8, 4) is 0 Å². The van der Waals surface area contributed by atoms with Gasteiger partial charge in [-0.1, -0.05) is 17.3 Å². The van der Waals surface area contributed by atoms with Crippen molar-refractivity contribution in [2.75, 3.05) is 14.2 Å². The van der Waals surface area contributed by atoms with Crippen LogP contribution in [-0.4, -0.2) is 19.4 Å². The number of ether oxygens (including phenoxy) is 2. The third kappa shape index (κ3) is 3.42. The molecule has 4 nitrogen and oxygen atoms in total. The van der Waals surface area contributed by atoms with E-state index < -0.39 is 0 Å². The molecule has 2 aromatic rings. The number of hydrogen-bond donors (Lipinski definition) is 0. The second-order valence-corrected chi connectivity index (χ2v) is 5.51. The topological polar surface area (TPSA) is 44.5 Å². The lowest BCUT2D eigenvalue weighted by Gasteiger charge is -2.13. The highest BCUT2D eigenvalue weighted by atomic mass is 32.2. The van der Waals surface area contributed by atoms with Crippen LogP contribution in [0.15, 0.2) is 33.7 Å². The summed E-state index contributed by atoms with van der Waals surface area (Å²) in [6.45, 7) is 3.91. The molecule has 20 heavy (non-hydrogen) atoms. The normalized spacial score (nSPS) is 11.2. The average Bonchev–Trinajstić information content (AvgIpc) is 2.78. The minimum Gasteiger partial charge on any atom is -0.361 e. The van der Waals surface area contributed by atoms with Gasteiger partial charge in [-0.2, -0.15) is 0 Å². The van der Waals surface area contributed by atoms with E-state index in [4.69, 9.17) is 14.0 Å². The Hall–Kier alpha value is -1.30. The fraction of sp³-hybridized carbons (Fsp3) is 0.400. The van der Waals surface area contributed by atoms with Gasteiger partial charge in [-0.15, -0.1) is 11.8 Å². The van der Waals surface area contributed by atoms with Crippen molar-refractivity contribution in [1.29, 1.82) is 0 Å². The van der Waals surface area contributed by atoms with Crippen molar-refractivity contribution in [3.05, 3.63) is 46.8 Å². The predicted octanol–water partition coefficient (Wildman–Crippen LogP) is 3.88. The number of aromatic nitrogens is 1. The third-order valence-electron chi connectivity index (χ3n) is 3.14. The summed E-state index contributed by atoms with van der Waals surface area (Å²) in [5.74, 6) is 1.75. The Bertz CT molecular complexity index is 527. The first-order chi connectivity index (χ1) is 9.65. The lowest BCUT2D eigenvalue weighted by Crippen LogP contribution is -2.02. The Balaban J connectivity index is 2.01. The summed E-state index contributed by atoms with van der Waals surface area (Å²) < 4.78 is 15.6. The van der Waals surface area contributed by atoms with Gasteiger partial charge in [-0.25, -0.2) is 0 Å². The zero-order valence-electron chi connectivity index (χ0n) is 12.2. The first-order valence-corrected chi connectivity index (χ1v) is 7.34. The van der Waals surface area contributed by atoms with Gasteiger partial charge in [0.15, 0.2) is 6.29 Å². The highest BCUT2D eigenvalue weighted by Gasteiger charge is 2.11. The summed E-state index contributed by atoms with van der Waals surface area (Å²) in [4.78, 5) is 1.19. The summed E-state index contributed by atoms with van der Waals surface area (Å²) >= 11 is 1.76. The van der Waals surface area contributed by atoms with Crippen LogP contribution in [0.3, 0.4) is 0 Å². The summed E-state index contributed by atoms with van der Waals surface area (Å²) in [7, 11) is 3.27. The van der Waals surface area contributed by atoms with E-state index in [1.807, 2.05) is 26.0 Å². The number of rotatable bonds is 6. The van der Waals surface area contributed by atoms with Crippen molar-refractivity contribution >= 4 is 11.8 Å². The van der Waals surface area contributed by atoms with Crippen molar-refractivity contribution in [3.63, 3.8) is 0 Å². The Kier molecular flexibility index (Phi) is 5.23. The molecule has 0 radical (unpaired) electrons. The molecule has 0 aliphatic rings. The van der Waals surface area contributed by atoms with E-state index in [0.29, 0.717) is 0 Å². The molecule has 2 rings (SSSR count). The zero-order chi connectivity index (χ0) is 14.5. The smallest absolute Gasteiger partial charge is 0.183 e. The number of benzene rings is 1. The second kappa shape index (κ2) is 6.92. The molecule has 1 heterocycles. The molecule has 0 saturated carbocycles. The van der Waals surface area contributed by atoms with Crippen LogP contribution in [0.1, 0.15) is 28.9 Å². The van der Waals surface area contributed by atoms with E-state index in [1.54, 1.807) is 26.0 Å². The number of nitrogens with zero attached hydrogens (tertiary/aromatic N) is 1. The Labute approximate surface area is 123 Å². The molecule has 0 bridgehead atoms. The highest BCUT2D eigenvalue weighted by Crippen LogP contribution is 2.27. The molecule has 0 N–H and O–H groups in total. The highest BCUT2D eigenvalue weighted by molar-refractivity contribution is 7.98. The van der Waals surface area contributed by atoms with Crippen LogP contribution < -0.4 is 0 Å². The molecule has 1 aromatic carbocycles. The first-order valence-electron chi connectivity index (χ1n) is 6.35. The number of hydrogen-bond acceptors (Lipinski definition) is 5. The lowest BCUT2D eigenvalue weighted by atomic mass is 10.2. The van der Waals surface area contributed by atoms with Crippen LogP contribution in [0.2, 0.25) is 0 Å². The average molecular weight is 293 g/mol. The van der Waals surface area contributed by atoms with E-state index in [9.17, 15) is 0 Å². The maximum absolute atomic E-state index is 5.23. The predicted molar refractivity (Wildman–Crippen MR) is 78.7 cm³/mol. The quantitative estimate of drug-likeness (QED) is 0.597. The van der Waals surface area contributed by atoms with Gasteiger partial charge < -0.3 is 14.0 Å². The van der Waals surface area contributed by atoms with Crippen LogP contribution in [0.4, 0.5) is 0 Å². The molecule has 0 saturated heterocycles. The molecule has 0 fully saturated rings. The Morgan fingerprint density at radius 1 is 1.15 bits per heavy atom. The molecule has 0 aliphatic heterocycles. The van der Waals surface area contributed by atoms with Gasteiger partial charge in [0.25, 0.3) is 0 Å². The van der Waals surface area contributed by atoms with Crippen LogP contribution in [0.5, 0.6) is 0 Å². The van der Waals surface area contributed by atoms with Crippen molar-refractivity contribution in [1.82, 2.24) is 5.16 Å². The van der Waals surface area contributed by atoms with Gasteiger partial charge in [0.2, 0.25) is 0 Å². The number of methoxy groups -OCH3 is 2. The summed E-state index contributed by atoms with van der Waals surface area (Å²) in [5.41, 5.74) is 3.15. The SMILES string of the molecule is COC(OC)c1ccc(SCc2c(C)noc2C)cc1. The largest absolute Gasteiger partial charge is 0.361 e. The minimum absolute atomic E-state index is 0.309. The van der Waals surface area contributed by atoms with E-state index in [2.05, 4.69) is 17.3 Å². The molecule has 0 spiro atoms. The van der Waals surface area contributed by atoms with Crippen LogP contribution in [0, 0.1) is 13.8 Å². The van der Waals surface area contributed by atoms with Crippen molar-refractivity contribution in [2.45, 2.75) is 30.8 Å². The molecule has 1 aromatic heterocycles. The molecule has 0 aliphatic carbocycles. The summed E-state index contributed by atoms with van der Waals surface area (Å²) in [6, 6.07) is 8.19. The first kappa shape index (κ1) is 15.1. The Morgan fingerprint density at radius 2 is 1.80 bits per heavy atom. The lowest BCUT2D eigenvalue weighted by molar-refractivity contribution is -0.106. The van der Waals surface area contributed by atoms with Crippen molar-refractivity contribution < 1.29 is 14.0 Å². The summed E-state index contributed by atoms with van der Waals surface area (Å²) in [5, 5.41) is 3.97. The van der Waals surface area contributed by atoms with Crippen LogP contribution in [0.25, 0.3) is 0 Å². The maximum Gasteiger partial charge on any atom is 0.183 e. The number of thioether (sulfide) groups is 1. The van der Waals surface area contributed by atoms with Crippen LogP contribution >= 0.6 is 11.8 Å². The van der Waals surface area contributed by atoms with Gasteiger partial charge in [0.05, 0.1) is 5.69 Å². The van der Waals surface area contributed by atoms with Crippen molar-refractivity contribution in [2.24, 2.45) is 0 Å². The Morgan fingerprint density at radius 3 is 2.30 bits per heavy atom. The molecular formula is C15H19NO3S. The molecule has 0 unspecified atom stereocenters. The van der Waals surface area contributed by atoms with E-state index >= 15 is 0 Å². The van der Waals surface area contributed by atoms with E-state index in [1.165, 1.54) is 10.5 Å².